The molecule has 2 N–H and O–H groups in total. The van der Waals surface area contributed by atoms with Crippen LogP contribution >= 0.6 is 11.6 Å². The van der Waals surface area contributed by atoms with Crippen molar-refractivity contribution in [2.45, 2.75) is 57.3 Å². The molecular weight excluding hydrogens is 447 g/mol. The van der Waals surface area contributed by atoms with Gasteiger partial charge in [0.05, 0.1) is 5.92 Å². The van der Waals surface area contributed by atoms with Crippen LogP contribution in [0.25, 0.3) is 0 Å². The lowest BCUT2D eigenvalue weighted by atomic mass is 9.96. The average molecular weight is 472 g/mol. The molecule has 0 spiro atoms. The van der Waals surface area contributed by atoms with E-state index in [1.165, 1.54) is 24.3 Å². The molecule has 11 heteroatoms. The number of rotatable bonds is 9. The molecule has 1 amide bonds. The Hall–Kier alpha value is -1.81. The second-order valence-electron chi connectivity index (χ2n) is 7.61. The number of halogens is 4. The van der Waals surface area contributed by atoms with Crippen LogP contribution in [0.2, 0.25) is 5.02 Å². The van der Waals surface area contributed by atoms with E-state index in [1.807, 2.05) is 0 Å². The number of nitrogens with one attached hydrogen (secondary N) is 1. The van der Waals surface area contributed by atoms with Crippen molar-refractivity contribution in [3.05, 3.63) is 34.9 Å². The Morgan fingerprint density at radius 1 is 1.13 bits per heavy atom. The molecular formula is C19H25ClF3NO5S. The Morgan fingerprint density at radius 2 is 1.67 bits per heavy atom. The fraction of sp³-hybridized carbons (Fsp3) is 0.579. The first kappa shape index (κ1) is 26.2. The van der Waals surface area contributed by atoms with Gasteiger partial charge in [-0.15, -0.1) is 0 Å². The first-order valence-corrected chi connectivity index (χ1v) is 10.9. The van der Waals surface area contributed by atoms with E-state index < -0.39 is 53.0 Å². The molecule has 0 saturated heterocycles. The SMILES string of the molecule is CC(C)(C)OC(=O)NC(CCS(=O)CCC(c1ccc(Cl)cc1)C(F)(F)F)C(=O)O. The predicted octanol–water partition coefficient (Wildman–Crippen LogP) is 4.49. The van der Waals surface area contributed by atoms with Crippen LogP contribution in [-0.4, -0.2) is 50.7 Å². The summed E-state index contributed by atoms with van der Waals surface area (Å²) in [6.07, 6.45) is -6.10. The van der Waals surface area contributed by atoms with E-state index in [4.69, 9.17) is 16.3 Å². The number of hydrogen-bond acceptors (Lipinski definition) is 4. The molecule has 0 radical (unpaired) electrons. The molecule has 1 aromatic carbocycles. The number of benzene rings is 1. The van der Waals surface area contributed by atoms with Gasteiger partial charge in [-0.3, -0.25) is 4.21 Å². The van der Waals surface area contributed by atoms with E-state index in [0.29, 0.717) is 5.02 Å². The van der Waals surface area contributed by atoms with Crippen LogP contribution in [-0.2, 0) is 20.3 Å². The van der Waals surface area contributed by atoms with Gasteiger partial charge in [0.25, 0.3) is 0 Å². The largest absolute Gasteiger partial charge is 0.480 e. The smallest absolute Gasteiger partial charge is 0.408 e. The minimum atomic E-state index is -4.53. The predicted molar refractivity (Wildman–Crippen MR) is 108 cm³/mol. The molecule has 170 valence electrons. The third kappa shape index (κ3) is 9.80. The summed E-state index contributed by atoms with van der Waals surface area (Å²) in [5, 5.41) is 11.7. The maximum Gasteiger partial charge on any atom is 0.408 e. The van der Waals surface area contributed by atoms with Gasteiger partial charge in [-0.2, -0.15) is 13.2 Å². The van der Waals surface area contributed by atoms with Crippen molar-refractivity contribution in [3.8, 4) is 0 Å². The third-order valence-corrected chi connectivity index (χ3v) is 5.56. The number of hydrogen-bond donors (Lipinski definition) is 2. The zero-order valence-electron chi connectivity index (χ0n) is 16.8. The molecule has 0 aromatic heterocycles. The van der Waals surface area contributed by atoms with Crippen LogP contribution in [0.5, 0.6) is 0 Å². The van der Waals surface area contributed by atoms with E-state index in [-0.39, 0.29) is 23.5 Å². The molecule has 0 aliphatic heterocycles. The topological polar surface area (TPSA) is 92.7 Å². The number of carboxylic acids is 1. The lowest BCUT2D eigenvalue weighted by Gasteiger charge is -2.22. The van der Waals surface area contributed by atoms with E-state index in [2.05, 4.69) is 5.32 Å². The van der Waals surface area contributed by atoms with Gasteiger partial charge in [0.2, 0.25) is 0 Å². The number of carbonyl (C=O) groups is 2. The first-order chi connectivity index (χ1) is 13.7. The Morgan fingerprint density at radius 3 is 2.13 bits per heavy atom. The minimum absolute atomic E-state index is 0.0129. The average Bonchev–Trinajstić information content (AvgIpc) is 2.57. The summed E-state index contributed by atoms with van der Waals surface area (Å²) in [5.41, 5.74) is -0.816. The number of alkyl halides is 3. The van der Waals surface area contributed by atoms with Gasteiger partial charge < -0.3 is 15.2 Å². The highest BCUT2D eigenvalue weighted by molar-refractivity contribution is 7.84. The highest BCUT2D eigenvalue weighted by Gasteiger charge is 2.40. The fourth-order valence-electron chi connectivity index (χ4n) is 2.52. The quantitative estimate of drug-likeness (QED) is 0.553. The Kier molecular flexibility index (Phi) is 9.61. The monoisotopic (exact) mass is 471 g/mol. The van der Waals surface area contributed by atoms with Crippen LogP contribution in [0, 0.1) is 0 Å². The number of ether oxygens (including phenoxy) is 1. The second-order valence-corrected chi connectivity index (χ2v) is 9.74. The van der Waals surface area contributed by atoms with Crippen molar-refractivity contribution in [2.75, 3.05) is 11.5 Å². The van der Waals surface area contributed by atoms with Gasteiger partial charge in [0.15, 0.2) is 0 Å². The molecule has 30 heavy (non-hydrogen) atoms. The molecule has 1 aromatic rings. The summed E-state index contributed by atoms with van der Waals surface area (Å²) >= 11 is 5.71. The molecule has 3 atom stereocenters. The lowest BCUT2D eigenvalue weighted by molar-refractivity contribution is -0.150. The molecule has 3 unspecified atom stereocenters. The minimum Gasteiger partial charge on any atom is -0.480 e. The molecule has 0 saturated carbocycles. The number of alkyl carbamates (subject to hydrolysis) is 1. The third-order valence-electron chi connectivity index (χ3n) is 3.92. The summed E-state index contributed by atoms with van der Waals surface area (Å²) in [5.74, 6) is -3.62. The Balaban J connectivity index is 2.64. The second kappa shape index (κ2) is 11.0. The van der Waals surface area contributed by atoms with Crippen molar-refractivity contribution in [1.82, 2.24) is 5.32 Å². The lowest BCUT2D eigenvalue weighted by Crippen LogP contribution is -2.44. The number of carboxylic acid groups (broad SMARTS) is 1. The van der Waals surface area contributed by atoms with Gasteiger partial charge in [-0.25, -0.2) is 9.59 Å². The van der Waals surface area contributed by atoms with E-state index in [9.17, 15) is 32.1 Å². The van der Waals surface area contributed by atoms with Crippen molar-refractivity contribution >= 4 is 34.5 Å². The van der Waals surface area contributed by atoms with Crippen LogP contribution < -0.4 is 5.32 Å². The maximum absolute atomic E-state index is 13.4. The first-order valence-electron chi connectivity index (χ1n) is 9.08. The summed E-state index contributed by atoms with van der Waals surface area (Å²) in [4.78, 5) is 23.0. The zero-order chi connectivity index (χ0) is 23.1. The number of carbonyl (C=O) groups excluding carboxylic acids is 1. The number of amides is 1. The van der Waals surface area contributed by atoms with Crippen molar-refractivity contribution in [1.29, 1.82) is 0 Å². The van der Waals surface area contributed by atoms with E-state index in [1.54, 1.807) is 20.8 Å². The van der Waals surface area contributed by atoms with Gasteiger partial charge in [0.1, 0.15) is 11.6 Å². The summed E-state index contributed by atoms with van der Waals surface area (Å²) in [6.45, 7) is 4.82. The molecule has 0 bridgehead atoms. The van der Waals surface area contributed by atoms with E-state index in [0.717, 1.165) is 0 Å². The number of aliphatic carboxylic acids is 1. The van der Waals surface area contributed by atoms with Crippen LogP contribution in [0.15, 0.2) is 24.3 Å². The van der Waals surface area contributed by atoms with Crippen LogP contribution in [0.1, 0.15) is 45.1 Å². The van der Waals surface area contributed by atoms with Crippen molar-refractivity contribution < 1.29 is 36.8 Å². The van der Waals surface area contributed by atoms with Gasteiger partial charge in [-0.05, 0) is 51.3 Å². The molecule has 0 aliphatic carbocycles. The van der Waals surface area contributed by atoms with Crippen LogP contribution in [0.4, 0.5) is 18.0 Å². The van der Waals surface area contributed by atoms with E-state index >= 15 is 0 Å². The molecule has 1 rings (SSSR count). The fourth-order valence-corrected chi connectivity index (χ4v) is 3.85. The van der Waals surface area contributed by atoms with Gasteiger partial charge >= 0.3 is 18.2 Å². The normalized spacial score (nSPS) is 15.2. The summed E-state index contributed by atoms with van der Waals surface area (Å²) < 4.78 is 57.3. The van der Waals surface area contributed by atoms with Crippen molar-refractivity contribution in [3.63, 3.8) is 0 Å². The van der Waals surface area contributed by atoms with Crippen molar-refractivity contribution in [2.24, 2.45) is 0 Å². The molecule has 0 fully saturated rings. The molecule has 0 aliphatic rings. The Bertz CT molecular complexity index is 750. The zero-order valence-corrected chi connectivity index (χ0v) is 18.4. The molecule has 0 heterocycles. The van der Waals surface area contributed by atoms with Gasteiger partial charge in [0, 0.05) is 27.3 Å². The Labute approximate surface area is 180 Å². The van der Waals surface area contributed by atoms with Gasteiger partial charge in [-0.1, -0.05) is 23.7 Å². The maximum atomic E-state index is 13.4. The highest BCUT2D eigenvalue weighted by Crippen LogP contribution is 2.37. The highest BCUT2D eigenvalue weighted by atomic mass is 35.5. The summed E-state index contributed by atoms with van der Waals surface area (Å²) in [7, 11) is -1.71. The summed E-state index contributed by atoms with van der Waals surface area (Å²) in [6, 6.07) is 3.89. The standard InChI is InChI=1S/C19H25ClF3NO5S/c1-18(2,3)29-17(27)24-15(16(25)26)9-11-30(28)10-8-14(19(21,22)23)12-4-6-13(20)7-5-12/h4-7,14-15H,8-11H2,1-3H3,(H,24,27)(H,25,26). The molecule has 6 nitrogen and oxygen atoms in total. The van der Waals surface area contributed by atoms with Crippen LogP contribution in [0.3, 0.4) is 0 Å².